The molecule has 214 valence electrons. The summed E-state index contributed by atoms with van der Waals surface area (Å²) >= 11 is 0. The van der Waals surface area contributed by atoms with Crippen molar-refractivity contribution >= 4 is 46.5 Å². The van der Waals surface area contributed by atoms with Crippen LogP contribution in [0.1, 0.15) is 41.6 Å². The van der Waals surface area contributed by atoms with Crippen molar-refractivity contribution in [3.63, 3.8) is 0 Å². The number of anilines is 2. The number of benzene rings is 3. The summed E-state index contributed by atoms with van der Waals surface area (Å²) in [5.74, 6) is -5.10. The van der Waals surface area contributed by atoms with E-state index in [1.165, 1.54) is 36.6 Å². The van der Waals surface area contributed by atoms with Crippen molar-refractivity contribution in [2.24, 2.45) is 0 Å². The number of halogens is 1. The highest BCUT2D eigenvalue weighted by atomic mass is 19.1. The van der Waals surface area contributed by atoms with Gasteiger partial charge in [-0.05, 0) is 36.4 Å². The monoisotopic (exact) mass is 580 g/mol. The maximum absolute atomic E-state index is 13.5. The summed E-state index contributed by atoms with van der Waals surface area (Å²) < 4.78 is 18.4. The van der Waals surface area contributed by atoms with Gasteiger partial charge in [-0.15, -0.1) is 0 Å². The van der Waals surface area contributed by atoms with E-state index in [1.54, 1.807) is 0 Å². The molecule has 0 atom stereocenters. The van der Waals surface area contributed by atoms with E-state index in [2.05, 4.69) is 10.6 Å². The lowest BCUT2D eigenvalue weighted by Gasteiger charge is -2.09. The summed E-state index contributed by atoms with van der Waals surface area (Å²) in [6, 6.07) is 14.2. The molecule has 1 heterocycles. The van der Waals surface area contributed by atoms with Gasteiger partial charge in [0.05, 0.1) is 44.2 Å². The lowest BCUT2D eigenvalue weighted by atomic mass is 10.1. The Bertz CT molecular complexity index is 1700. The summed E-state index contributed by atoms with van der Waals surface area (Å²) in [5.41, 5.74) is -2.12. The molecule has 0 saturated heterocycles. The SMILES string of the molecule is O=C(Nc1ccc([N+](=O)[O-])cc1C(=O)O)c1ccccc1F.O=C(Nc1ccc([N+](=O)[O-])cc1C(=O)O)c1ccco1. The average Bonchev–Trinajstić information content (AvgIpc) is 3.49. The zero-order valence-electron chi connectivity index (χ0n) is 20.8. The molecular weight excluding hydrogens is 563 g/mol. The normalized spacial score (nSPS) is 10.0. The molecule has 15 nitrogen and oxygen atoms in total. The van der Waals surface area contributed by atoms with Gasteiger partial charge in [-0.25, -0.2) is 14.0 Å². The second-order valence-corrected chi connectivity index (χ2v) is 7.95. The van der Waals surface area contributed by atoms with Crippen molar-refractivity contribution in [2.75, 3.05) is 10.6 Å². The number of furan rings is 1. The molecule has 0 unspecified atom stereocenters. The number of carbonyl (C=O) groups excluding carboxylic acids is 2. The van der Waals surface area contributed by atoms with Gasteiger partial charge in [0.2, 0.25) is 0 Å². The Morgan fingerprint density at radius 3 is 1.62 bits per heavy atom. The molecule has 1 aromatic heterocycles. The first-order chi connectivity index (χ1) is 19.9. The van der Waals surface area contributed by atoms with Crippen LogP contribution in [0.5, 0.6) is 0 Å². The Morgan fingerprint density at radius 2 is 1.19 bits per heavy atom. The van der Waals surface area contributed by atoms with Crippen LogP contribution in [-0.4, -0.2) is 43.8 Å². The summed E-state index contributed by atoms with van der Waals surface area (Å²) in [4.78, 5) is 65.7. The Morgan fingerprint density at radius 1 is 0.690 bits per heavy atom. The number of nitrogens with zero attached hydrogens (tertiary/aromatic N) is 2. The number of carboxylic acids is 2. The van der Waals surface area contributed by atoms with Crippen LogP contribution in [0.15, 0.2) is 83.5 Å². The van der Waals surface area contributed by atoms with Crippen LogP contribution in [0, 0.1) is 26.0 Å². The molecule has 0 spiro atoms. The van der Waals surface area contributed by atoms with Gasteiger partial charge in [0.25, 0.3) is 23.2 Å². The predicted molar refractivity (Wildman–Crippen MR) is 141 cm³/mol. The van der Waals surface area contributed by atoms with Crippen LogP contribution < -0.4 is 10.6 Å². The van der Waals surface area contributed by atoms with Gasteiger partial charge in [-0.2, -0.15) is 0 Å². The minimum Gasteiger partial charge on any atom is -0.478 e. The second kappa shape index (κ2) is 13.1. The third-order valence-electron chi connectivity index (χ3n) is 5.25. The lowest BCUT2D eigenvalue weighted by molar-refractivity contribution is -0.385. The summed E-state index contributed by atoms with van der Waals surface area (Å²) in [5, 5.41) is 43.9. The van der Waals surface area contributed by atoms with Gasteiger partial charge in [-0.1, -0.05) is 12.1 Å². The van der Waals surface area contributed by atoms with Crippen LogP contribution in [-0.2, 0) is 0 Å². The molecule has 0 aliphatic carbocycles. The van der Waals surface area contributed by atoms with E-state index < -0.39 is 50.7 Å². The summed E-state index contributed by atoms with van der Waals surface area (Å²) in [7, 11) is 0. The maximum Gasteiger partial charge on any atom is 0.338 e. The third-order valence-corrected chi connectivity index (χ3v) is 5.25. The summed E-state index contributed by atoms with van der Waals surface area (Å²) in [6.07, 6.45) is 1.29. The molecule has 3 aromatic carbocycles. The number of nitro benzene ring substituents is 2. The first-order valence-electron chi connectivity index (χ1n) is 11.3. The van der Waals surface area contributed by atoms with Crippen molar-refractivity contribution in [3.05, 3.63) is 128 Å². The minimum absolute atomic E-state index is 0.000286. The number of carbonyl (C=O) groups is 4. The molecule has 0 saturated carbocycles. The highest BCUT2D eigenvalue weighted by molar-refractivity contribution is 6.08. The zero-order chi connectivity index (χ0) is 31.0. The molecule has 2 amide bonds. The zero-order valence-corrected chi connectivity index (χ0v) is 20.8. The van der Waals surface area contributed by atoms with Crippen LogP contribution in [0.4, 0.5) is 27.1 Å². The van der Waals surface area contributed by atoms with Gasteiger partial charge < -0.3 is 25.3 Å². The van der Waals surface area contributed by atoms with E-state index in [1.807, 2.05) is 0 Å². The number of amides is 2. The molecular formula is C26H17FN4O11. The van der Waals surface area contributed by atoms with E-state index in [-0.39, 0.29) is 33.9 Å². The molecule has 0 bridgehead atoms. The highest BCUT2D eigenvalue weighted by Gasteiger charge is 2.20. The number of aromatic carboxylic acids is 2. The van der Waals surface area contributed by atoms with E-state index in [0.29, 0.717) is 0 Å². The quantitative estimate of drug-likeness (QED) is 0.163. The first-order valence-corrected chi connectivity index (χ1v) is 11.3. The number of nitro groups is 2. The molecule has 4 rings (SSSR count). The maximum atomic E-state index is 13.5. The van der Waals surface area contributed by atoms with E-state index in [4.69, 9.17) is 14.6 Å². The van der Waals surface area contributed by atoms with Crippen molar-refractivity contribution in [3.8, 4) is 0 Å². The van der Waals surface area contributed by atoms with Gasteiger partial charge >= 0.3 is 11.9 Å². The Balaban J connectivity index is 0.000000231. The largest absolute Gasteiger partial charge is 0.478 e. The fourth-order valence-electron chi connectivity index (χ4n) is 3.29. The van der Waals surface area contributed by atoms with Crippen LogP contribution in [0.2, 0.25) is 0 Å². The molecule has 0 fully saturated rings. The van der Waals surface area contributed by atoms with Gasteiger partial charge in [0, 0.05) is 24.3 Å². The summed E-state index contributed by atoms with van der Waals surface area (Å²) in [6.45, 7) is 0. The van der Waals surface area contributed by atoms with Gasteiger partial charge in [0.1, 0.15) is 5.82 Å². The molecule has 0 radical (unpaired) electrons. The molecule has 16 heteroatoms. The fourth-order valence-corrected chi connectivity index (χ4v) is 3.29. The first kappa shape index (κ1) is 30.1. The number of hydrogen-bond acceptors (Lipinski definition) is 9. The van der Waals surface area contributed by atoms with Crippen molar-refractivity contribution in [1.82, 2.24) is 0 Å². The standard InChI is InChI=1S/C14H9FN2O5.C12H8N2O6/c15-11-4-2-1-3-9(11)13(18)16-12-6-5-8(17(21)22)7-10(12)14(19)20;15-11(10-2-1-5-20-10)13-9-4-3-7(14(18)19)6-8(9)12(16)17/h1-7H,(H,16,18)(H,19,20);1-6H,(H,13,15)(H,16,17). The van der Waals surface area contributed by atoms with Gasteiger partial charge in [0.15, 0.2) is 5.76 Å². The van der Waals surface area contributed by atoms with E-state index in [0.717, 1.165) is 42.5 Å². The van der Waals surface area contributed by atoms with Crippen LogP contribution in [0.25, 0.3) is 0 Å². The topological polar surface area (TPSA) is 232 Å². The van der Waals surface area contributed by atoms with Crippen LogP contribution in [0.3, 0.4) is 0 Å². The second-order valence-electron chi connectivity index (χ2n) is 7.95. The van der Waals surface area contributed by atoms with Crippen LogP contribution >= 0.6 is 0 Å². The highest BCUT2D eigenvalue weighted by Crippen LogP contribution is 2.24. The average molecular weight is 580 g/mol. The number of carboxylic acid groups (broad SMARTS) is 2. The number of non-ortho nitro benzene ring substituents is 2. The molecule has 0 aliphatic rings. The van der Waals surface area contributed by atoms with E-state index in [9.17, 15) is 43.8 Å². The van der Waals surface area contributed by atoms with E-state index >= 15 is 0 Å². The van der Waals surface area contributed by atoms with Crippen molar-refractivity contribution < 1.29 is 48.0 Å². The minimum atomic E-state index is -1.45. The Hall–Kier alpha value is -6.45. The predicted octanol–water partition coefficient (Wildman–Crippen LogP) is 4.82. The molecule has 4 N–H and O–H groups in total. The Labute approximate surface area is 233 Å². The molecule has 4 aromatic rings. The van der Waals surface area contributed by atoms with Crippen molar-refractivity contribution in [1.29, 1.82) is 0 Å². The number of hydrogen-bond donors (Lipinski definition) is 4. The fraction of sp³-hybridized carbons (Fsp3) is 0. The Kier molecular flexibility index (Phi) is 9.37. The molecule has 0 aliphatic heterocycles. The number of nitrogens with one attached hydrogen (secondary N) is 2. The lowest BCUT2D eigenvalue weighted by Crippen LogP contribution is -2.16. The smallest absolute Gasteiger partial charge is 0.338 e. The third kappa shape index (κ3) is 7.35. The van der Waals surface area contributed by atoms with Gasteiger partial charge in [-0.3, -0.25) is 29.8 Å². The molecule has 42 heavy (non-hydrogen) atoms. The van der Waals surface area contributed by atoms with Crippen molar-refractivity contribution in [2.45, 2.75) is 0 Å². The number of rotatable bonds is 8.